The normalized spacial score (nSPS) is 10.7. The van der Waals surface area contributed by atoms with Gasteiger partial charge in [0.05, 0.1) is 17.7 Å². The van der Waals surface area contributed by atoms with Gasteiger partial charge in [-0.3, -0.25) is 0 Å². The molecule has 0 aliphatic heterocycles. The van der Waals surface area contributed by atoms with Crippen LogP contribution in [0.15, 0.2) is 18.2 Å². The van der Waals surface area contributed by atoms with E-state index in [4.69, 9.17) is 14.9 Å². The predicted molar refractivity (Wildman–Crippen MR) is 102 cm³/mol. The summed E-state index contributed by atoms with van der Waals surface area (Å²) in [5.74, 6) is -2.11. The SMILES string of the molecule is CCCCCCCCCCCCCOc1ccc(C(=O)O)c(C(=O)O)c1. The van der Waals surface area contributed by atoms with Crippen LogP contribution < -0.4 is 4.74 Å². The third-order valence-corrected chi connectivity index (χ3v) is 4.47. The third kappa shape index (κ3) is 8.88. The zero-order valence-corrected chi connectivity index (χ0v) is 15.8. The molecular weight excluding hydrogens is 332 g/mol. The maximum atomic E-state index is 11.1. The van der Waals surface area contributed by atoms with Gasteiger partial charge in [0, 0.05) is 0 Å². The van der Waals surface area contributed by atoms with E-state index >= 15 is 0 Å². The van der Waals surface area contributed by atoms with Crippen molar-refractivity contribution >= 4 is 11.9 Å². The van der Waals surface area contributed by atoms with Crippen molar-refractivity contribution in [3.8, 4) is 5.75 Å². The average Bonchev–Trinajstić information content (AvgIpc) is 2.62. The molecule has 2 N–H and O–H groups in total. The van der Waals surface area contributed by atoms with Crippen LogP contribution in [0.1, 0.15) is 98.3 Å². The number of carboxylic acid groups (broad SMARTS) is 2. The molecular formula is C21H32O5. The van der Waals surface area contributed by atoms with Crippen LogP contribution in [0.2, 0.25) is 0 Å². The monoisotopic (exact) mass is 364 g/mol. The number of carboxylic acids is 2. The maximum Gasteiger partial charge on any atom is 0.336 e. The fourth-order valence-electron chi connectivity index (χ4n) is 2.93. The molecule has 0 saturated heterocycles. The molecule has 1 rings (SSSR count). The van der Waals surface area contributed by atoms with Crippen molar-refractivity contribution in [2.75, 3.05) is 6.61 Å². The molecule has 1 aromatic rings. The molecule has 0 aliphatic carbocycles. The van der Waals surface area contributed by atoms with Gasteiger partial charge in [-0.2, -0.15) is 0 Å². The van der Waals surface area contributed by atoms with Gasteiger partial charge in [-0.1, -0.05) is 71.1 Å². The first-order valence-corrected chi connectivity index (χ1v) is 9.79. The summed E-state index contributed by atoms with van der Waals surface area (Å²) < 4.78 is 5.56. The fourth-order valence-corrected chi connectivity index (χ4v) is 2.93. The van der Waals surface area contributed by atoms with Gasteiger partial charge in [0.25, 0.3) is 0 Å². The molecule has 0 saturated carbocycles. The van der Waals surface area contributed by atoms with E-state index in [1.807, 2.05) is 0 Å². The van der Waals surface area contributed by atoms with Gasteiger partial charge in [0.1, 0.15) is 5.75 Å². The number of benzene rings is 1. The molecule has 0 bridgehead atoms. The van der Waals surface area contributed by atoms with Crippen LogP contribution in [-0.4, -0.2) is 28.8 Å². The minimum Gasteiger partial charge on any atom is -0.494 e. The smallest absolute Gasteiger partial charge is 0.336 e. The molecule has 26 heavy (non-hydrogen) atoms. The van der Waals surface area contributed by atoms with Crippen molar-refractivity contribution < 1.29 is 24.5 Å². The largest absolute Gasteiger partial charge is 0.494 e. The standard InChI is InChI=1S/C21H32O5/c1-2-3-4-5-6-7-8-9-10-11-12-15-26-17-13-14-18(20(22)23)19(16-17)21(24)25/h13-14,16H,2-12,15H2,1H3,(H,22,23)(H,24,25). The Hall–Kier alpha value is -2.04. The Labute approximate surface area is 156 Å². The third-order valence-electron chi connectivity index (χ3n) is 4.47. The van der Waals surface area contributed by atoms with Gasteiger partial charge < -0.3 is 14.9 Å². The number of hydrogen-bond acceptors (Lipinski definition) is 3. The predicted octanol–water partition coefficient (Wildman–Crippen LogP) is 5.77. The van der Waals surface area contributed by atoms with Gasteiger partial charge >= 0.3 is 11.9 Å². The number of unbranched alkanes of at least 4 members (excludes halogenated alkanes) is 10. The van der Waals surface area contributed by atoms with Crippen LogP contribution in [0.25, 0.3) is 0 Å². The van der Waals surface area contributed by atoms with E-state index in [-0.39, 0.29) is 11.1 Å². The summed E-state index contributed by atoms with van der Waals surface area (Å²) in [6.07, 6.45) is 13.8. The fraction of sp³-hybridized carbons (Fsp3) is 0.619. The van der Waals surface area contributed by atoms with E-state index in [2.05, 4.69) is 6.92 Å². The van der Waals surface area contributed by atoms with Crippen LogP contribution in [0, 0.1) is 0 Å². The number of carbonyl (C=O) groups is 2. The summed E-state index contributed by atoms with van der Waals surface area (Å²) >= 11 is 0. The van der Waals surface area contributed by atoms with E-state index in [9.17, 15) is 9.59 Å². The number of hydrogen-bond donors (Lipinski definition) is 2. The van der Waals surface area contributed by atoms with Crippen LogP contribution in [0.5, 0.6) is 5.75 Å². The Kier molecular flexibility index (Phi) is 11.2. The van der Waals surface area contributed by atoms with Crippen molar-refractivity contribution in [3.63, 3.8) is 0 Å². The molecule has 0 fully saturated rings. The molecule has 146 valence electrons. The molecule has 5 nitrogen and oxygen atoms in total. The lowest BCUT2D eigenvalue weighted by molar-refractivity contribution is 0.0651. The minimum atomic E-state index is -1.26. The molecule has 5 heteroatoms. The second-order valence-electron chi connectivity index (χ2n) is 6.70. The van der Waals surface area contributed by atoms with Crippen molar-refractivity contribution in [1.29, 1.82) is 0 Å². The number of aromatic carboxylic acids is 2. The van der Waals surface area contributed by atoms with E-state index in [1.165, 1.54) is 76.0 Å². The quantitative estimate of drug-likeness (QED) is 0.386. The molecule has 0 heterocycles. The summed E-state index contributed by atoms with van der Waals surface area (Å²) in [5.41, 5.74) is -0.464. The number of ether oxygens (including phenoxy) is 1. The first-order chi connectivity index (χ1) is 12.6. The van der Waals surface area contributed by atoms with Crippen LogP contribution in [0.3, 0.4) is 0 Å². The second-order valence-corrected chi connectivity index (χ2v) is 6.70. The van der Waals surface area contributed by atoms with E-state index < -0.39 is 11.9 Å². The first kappa shape index (κ1) is 22.0. The maximum absolute atomic E-state index is 11.1. The molecule has 0 aliphatic rings. The van der Waals surface area contributed by atoms with E-state index in [1.54, 1.807) is 0 Å². The molecule has 0 amide bonds. The average molecular weight is 364 g/mol. The molecule has 0 radical (unpaired) electrons. The summed E-state index contributed by atoms with van der Waals surface area (Å²) in [4.78, 5) is 22.1. The highest BCUT2D eigenvalue weighted by molar-refractivity contribution is 6.01. The second kappa shape index (κ2) is 13.2. The Morgan fingerprint density at radius 3 is 1.77 bits per heavy atom. The summed E-state index contributed by atoms with van der Waals surface area (Å²) in [7, 11) is 0. The summed E-state index contributed by atoms with van der Waals surface area (Å²) in [6.45, 7) is 2.75. The highest BCUT2D eigenvalue weighted by Gasteiger charge is 2.16. The van der Waals surface area contributed by atoms with Crippen molar-refractivity contribution in [3.05, 3.63) is 29.3 Å². The topological polar surface area (TPSA) is 83.8 Å². The Balaban J connectivity index is 2.14. The van der Waals surface area contributed by atoms with Crippen LogP contribution in [-0.2, 0) is 0 Å². The lowest BCUT2D eigenvalue weighted by Gasteiger charge is -2.08. The first-order valence-electron chi connectivity index (χ1n) is 9.79. The van der Waals surface area contributed by atoms with Crippen molar-refractivity contribution in [2.45, 2.75) is 77.6 Å². The molecule has 0 aromatic heterocycles. The van der Waals surface area contributed by atoms with Crippen LogP contribution in [0.4, 0.5) is 0 Å². The van der Waals surface area contributed by atoms with Gasteiger partial charge in [0.2, 0.25) is 0 Å². The van der Waals surface area contributed by atoms with Crippen molar-refractivity contribution in [1.82, 2.24) is 0 Å². The molecule has 1 aromatic carbocycles. The highest BCUT2D eigenvalue weighted by Crippen LogP contribution is 2.19. The lowest BCUT2D eigenvalue weighted by atomic mass is 10.1. The van der Waals surface area contributed by atoms with E-state index in [0.29, 0.717) is 12.4 Å². The van der Waals surface area contributed by atoms with Gasteiger partial charge in [-0.25, -0.2) is 9.59 Å². The van der Waals surface area contributed by atoms with Crippen LogP contribution >= 0.6 is 0 Å². The minimum absolute atomic E-state index is 0.223. The Bertz CT molecular complexity index is 553. The zero-order valence-electron chi connectivity index (χ0n) is 15.8. The molecule has 0 unspecified atom stereocenters. The zero-order chi connectivity index (χ0) is 19.2. The van der Waals surface area contributed by atoms with Gasteiger partial charge in [0.15, 0.2) is 0 Å². The van der Waals surface area contributed by atoms with E-state index in [0.717, 1.165) is 12.8 Å². The lowest BCUT2D eigenvalue weighted by Crippen LogP contribution is -2.08. The molecule has 0 spiro atoms. The summed E-state index contributed by atoms with van der Waals surface area (Å²) in [5, 5.41) is 18.1. The Morgan fingerprint density at radius 1 is 0.769 bits per heavy atom. The number of rotatable bonds is 15. The molecule has 0 atom stereocenters. The summed E-state index contributed by atoms with van der Waals surface area (Å²) in [6, 6.07) is 4.07. The highest BCUT2D eigenvalue weighted by atomic mass is 16.5. The Morgan fingerprint density at radius 2 is 1.27 bits per heavy atom. The van der Waals surface area contributed by atoms with Crippen molar-refractivity contribution in [2.24, 2.45) is 0 Å². The van der Waals surface area contributed by atoms with Gasteiger partial charge in [-0.05, 0) is 24.6 Å². The van der Waals surface area contributed by atoms with Gasteiger partial charge in [-0.15, -0.1) is 0 Å².